The van der Waals surface area contributed by atoms with E-state index in [2.05, 4.69) is 20.8 Å². The minimum atomic E-state index is -4.56. The highest BCUT2D eigenvalue weighted by atomic mass is 32.1. The van der Waals surface area contributed by atoms with Crippen LogP contribution in [0.3, 0.4) is 0 Å². The molecule has 1 aromatic carbocycles. The van der Waals surface area contributed by atoms with Gasteiger partial charge in [0.25, 0.3) is 5.91 Å². The van der Waals surface area contributed by atoms with E-state index in [9.17, 15) is 32.5 Å². The number of hydrogen-bond acceptors (Lipinski definition) is 9. The number of carbonyl (C=O) groups excluding carboxylic acids is 1. The molecule has 4 aromatic rings. The Balaban J connectivity index is 1.41. The normalized spacial score (nSPS) is 18.2. The van der Waals surface area contributed by atoms with Crippen molar-refractivity contribution >= 4 is 38.8 Å². The minimum Gasteiger partial charge on any atom is -0.379 e. The van der Waals surface area contributed by atoms with Crippen molar-refractivity contribution in [1.29, 1.82) is 0 Å². The average Bonchev–Trinajstić information content (AvgIpc) is 3.63. The molecule has 16 heteroatoms. The molecule has 5 rings (SSSR count). The summed E-state index contributed by atoms with van der Waals surface area (Å²) in [7, 11) is 1.83. The van der Waals surface area contributed by atoms with E-state index in [-0.39, 0.29) is 46.6 Å². The number of likely N-dealkylation sites (tertiary alicyclic amines) is 1. The first-order valence-electron chi connectivity index (χ1n) is 12.1. The first-order chi connectivity index (χ1) is 19.0. The highest BCUT2D eigenvalue weighted by Gasteiger charge is 2.32. The Morgan fingerprint density at radius 3 is 2.83 bits per heavy atom. The van der Waals surface area contributed by atoms with E-state index in [0.29, 0.717) is 24.0 Å². The van der Waals surface area contributed by atoms with Gasteiger partial charge in [0.15, 0.2) is 0 Å². The van der Waals surface area contributed by atoms with Gasteiger partial charge in [-0.15, -0.1) is 0 Å². The number of fused-ring (bicyclic) bond motifs is 1. The molecule has 0 unspecified atom stereocenters. The molecule has 1 aliphatic rings. The minimum absolute atomic E-state index is 0.0246. The quantitative estimate of drug-likeness (QED) is 0.175. The molecule has 0 aliphatic carbocycles. The number of nitro groups is 1. The second-order valence-corrected chi connectivity index (χ2v) is 10.3. The molecule has 2 N–H and O–H groups in total. The molecular weight excluding hydrogens is 558 g/mol. The number of thiophene rings is 1. The zero-order chi connectivity index (χ0) is 28.6. The van der Waals surface area contributed by atoms with Crippen LogP contribution in [0.25, 0.3) is 22.4 Å². The number of alkyl halides is 4. The third-order valence-corrected chi connectivity index (χ3v) is 7.37. The standard InChI is InChI=1S/C24H23F4N7O4S/c1-33-6-5-17(15(25)10-33)30-16-3-2-4-18-14(16)8-19(34(18)12-24(26,27)28)22-31-20(39-32-22)9-29-23(36)13-7-21(35(37)38)40-11-13/h2-4,7-8,11,15,17,30H,5-6,9-10,12H2,1H3,(H,29,36)/t15-,17+/m0/s1. The summed E-state index contributed by atoms with van der Waals surface area (Å²) in [5.41, 5.74) is 0.829. The molecule has 1 saturated heterocycles. The topological polar surface area (TPSA) is 131 Å². The van der Waals surface area contributed by atoms with E-state index in [0.717, 1.165) is 22.0 Å². The maximum absolute atomic E-state index is 14.7. The maximum Gasteiger partial charge on any atom is 0.406 e. The van der Waals surface area contributed by atoms with Crippen LogP contribution >= 0.6 is 11.3 Å². The fourth-order valence-corrected chi connectivity index (χ4v) is 5.30. The molecule has 0 saturated carbocycles. The smallest absolute Gasteiger partial charge is 0.379 e. The van der Waals surface area contributed by atoms with Crippen molar-refractivity contribution in [3.05, 3.63) is 57.3 Å². The first-order valence-corrected chi connectivity index (χ1v) is 13.0. The van der Waals surface area contributed by atoms with Crippen molar-refractivity contribution in [3.8, 4) is 11.5 Å². The average molecular weight is 582 g/mol. The van der Waals surface area contributed by atoms with Gasteiger partial charge in [-0.3, -0.25) is 14.9 Å². The number of piperidine rings is 1. The summed E-state index contributed by atoms with van der Waals surface area (Å²) in [6.07, 6.45) is -5.19. The molecule has 4 heterocycles. The largest absolute Gasteiger partial charge is 0.406 e. The van der Waals surface area contributed by atoms with Crippen molar-refractivity contribution in [2.75, 3.05) is 25.5 Å². The van der Waals surface area contributed by atoms with Crippen molar-refractivity contribution in [2.45, 2.75) is 37.9 Å². The third kappa shape index (κ3) is 5.91. The molecule has 0 radical (unpaired) electrons. The number of rotatable bonds is 8. The van der Waals surface area contributed by atoms with Crippen LogP contribution in [0.5, 0.6) is 0 Å². The molecular formula is C24H23F4N7O4S. The second-order valence-electron chi connectivity index (χ2n) is 9.41. The van der Waals surface area contributed by atoms with Crippen LogP contribution in [0.2, 0.25) is 0 Å². The molecule has 11 nitrogen and oxygen atoms in total. The van der Waals surface area contributed by atoms with Gasteiger partial charge in [0.05, 0.1) is 34.3 Å². The van der Waals surface area contributed by atoms with Gasteiger partial charge in [-0.2, -0.15) is 18.2 Å². The molecule has 1 aliphatic heterocycles. The third-order valence-electron chi connectivity index (χ3n) is 6.49. The molecule has 0 spiro atoms. The second kappa shape index (κ2) is 10.8. The SMILES string of the molecule is CN1CC[C@@H](Nc2cccc3c2cc(-c2noc(CNC(=O)c4csc([N+](=O)[O-])c4)n2)n3CC(F)(F)F)[C@@H](F)C1. The number of benzene rings is 1. The highest BCUT2D eigenvalue weighted by molar-refractivity contribution is 7.13. The van der Waals surface area contributed by atoms with Crippen LogP contribution in [0.1, 0.15) is 22.7 Å². The summed E-state index contributed by atoms with van der Waals surface area (Å²) in [5.74, 6) is -0.836. The lowest BCUT2D eigenvalue weighted by Gasteiger charge is -2.33. The van der Waals surface area contributed by atoms with E-state index in [1.54, 1.807) is 12.1 Å². The predicted molar refractivity (Wildman–Crippen MR) is 138 cm³/mol. The van der Waals surface area contributed by atoms with Gasteiger partial charge in [0.2, 0.25) is 11.7 Å². The number of nitrogens with one attached hydrogen (secondary N) is 2. The predicted octanol–water partition coefficient (Wildman–Crippen LogP) is 4.61. The van der Waals surface area contributed by atoms with E-state index in [4.69, 9.17) is 4.52 Å². The van der Waals surface area contributed by atoms with Crippen molar-refractivity contribution in [3.63, 3.8) is 0 Å². The number of aromatic nitrogens is 3. The van der Waals surface area contributed by atoms with Gasteiger partial charge in [0, 0.05) is 35.6 Å². The van der Waals surface area contributed by atoms with Crippen molar-refractivity contribution in [2.24, 2.45) is 0 Å². The molecule has 1 fully saturated rings. The summed E-state index contributed by atoms with van der Waals surface area (Å²) in [5, 5.41) is 21.9. The fourth-order valence-electron chi connectivity index (χ4n) is 4.59. The summed E-state index contributed by atoms with van der Waals surface area (Å²) in [6.45, 7) is -0.651. The summed E-state index contributed by atoms with van der Waals surface area (Å²) < 4.78 is 61.6. The van der Waals surface area contributed by atoms with Crippen LogP contribution in [-0.4, -0.2) is 69.0 Å². The Morgan fingerprint density at radius 1 is 1.32 bits per heavy atom. The van der Waals surface area contributed by atoms with E-state index in [1.807, 2.05) is 11.9 Å². The van der Waals surface area contributed by atoms with Gasteiger partial charge in [-0.1, -0.05) is 22.6 Å². The molecule has 1 amide bonds. The lowest BCUT2D eigenvalue weighted by atomic mass is 10.0. The molecule has 212 valence electrons. The zero-order valence-electron chi connectivity index (χ0n) is 20.9. The lowest BCUT2D eigenvalue weighted by Crippen LogP contribution is -2.46. The van der Waals surface area contributed by atoms with Gasteiger partial charge in [0.1, 0.15) is 12.7 Å². The number of halogens is 4. The van der Waals surface area contributed by atoms with Crippen LogP contribution in [-0.2, 0) is 13.1 Å². The summed E-state index contributed by atoms with van der Waals surface area (Å²) >= 11 is 0.795. The van der Waals surface area contributed by atoms with E-state index >= 15 is 0 Å². The van der Waals surface area contributed by atoms with Gasteiger partial charge in [-0.05, 0) is 31.7 Å². The Kier molecular flexibility index (Phi) is 7.46. The lowest BCUT2D eigenvalue weighted by molar-refractivity contribution is -0.380. The monoisotopic (exact) mass is 581 g/mol. The maximum atomic E-state index is 14.7. The zero-order valence-corrected chi connectivity index (χ0v) is 21.8. The van der Waals surface area contributed by atoms with Gasteiger partial charge in [-0.25, -0.2) is 4.39 Å². The van der Waals surface area contributed by atoms with Crippen molar-refractivity contribution < 1.29 is 31.8 Å². The molecule has 3 aromatic heterocycles. The number of nitrogens with zero attached hydrogens (tertiary/aromatic N) is 5. The van der Waals surface area contributed by atoms with Gasteiger partial charge >= 0.3 is 11.2 Å². The molecule has 2 atom stereocenters. The number of anilines is 1. The van der Waals surface area contributed by atoms with E-state index < -0.39 is 35.8 Å². The highest BCUT2D eigenvalue weighted by Crippen LogP contribution is 2.35. The number of hydrogen-bond donors (Lipinski definition) is 2. The fraction of sp³-hybridized carbons (Fsp3) is 0.375. The summed E-state index contributed by atoms with van der Waals surface area (Å²) in [4.78, 5) is 28.6. The number of amides is 1. The van der Waals surface area contributed by atoms with Gasteiger partial charge < -0.3 is 24.6 Å². The van der Waals surface area contributed by atoms with Crippen LogP contribution in [0.4, 0.5) is 28.3 Å². The first kappa shape index (κ1) is 27.5. The van der Waals surface area contributed by atoms with Crippen LogP contribution < -0.4 is 10.6 Å². The molecule has 40 heavy (non-hydrogen) atoms. The van der Waals surface area contributed by atoms with E-state index in [1.165, 1.54) is 17.5 Å². The Hall–Kier alpha value is -4.05. The Labute approximate surface area is 227 Å². The summed E-state index contributed by atoms with van der Waals surface area (Å²) in [6, 6.07) is 6.91. The molecule has 0 bridgehead atoms. The van der Waals surface area contributed by atoms with Crippen molar-refractivity contribution in [1.82, 2.24) is 24.9 Å². The Bertz CT molecular complexity index is 1550. The van der Waals surface area contributed by atoms with Crippen LogP contribution in [0.15, 0.2) is 40.2 Å². The van der Waals surface area contributed by atoms with Crippen LogP contribution in [0, 0.1) is 10.1 Å². The Morgan fingerprint density at radius 2 is 2.12 bits per heavy atom. The number of carbonyl (C=O) groups is 1.